The van der Waals surface area contributed by atoms with Crippen LogP contribution in [0.2, 0.25) is 0 Å². The van der Waals surface area contributed by atoms with Crippen molar-refractivity contribution in [2.24, 2.45) is 0 Å². The number of carboxylic acid groups (broad SMARTS) is 1. The Morgan fingerprint density at radius 3 is 2.42 bits per heavy atom. The van der Waals surface area contributed by atoms with Crippen molar-refractivity contribution in [1.82, 2.24) is 5.32 Å². The number of benzene rings is 1. The fourth-order valence-corrected chi connectivity index (χ4v) is 1.43. The summed E-state index contributed by atoms with van der Waals surface area (Å²) >= 11 is 0. The maximum absolute atomic E-state index is 11.4. The Bertz CT molecular complexity index is 473. The van der Waals surface area contributed by atoms with Gasteiger partial charge in [-0.05, 0) is 24.1 Å². The molecule has 7 heteroatoms. The number of carbonyl (C=O) groups is 2. The van der Waals surface area contributed by atoms with Crippen LogP contribution in [0.1, 0.15) is 12.0 Å². The van der Waals surface area contributed by atoms with Gasteiger partial charge in [0.05, 0.1) is 6.61 Å². The fourth-order valence-electron chi connectivity index (χ4n) is 1.43. The molecule has 1 aromatic rings. The predicted octanol–water partition coefficient (Wildman–Crippen LogP) is -0.408. The van der Waals surface area contributed by atoms with E-state index < -0.39 is 24.5 Å². The number of phenols is 2. The molecule has 104 valence electrons. The van der Waals surface area contributed by atoms with Crippen LogP contribution >= 0.6 is 0 Å². The molecule has 19 heavy (non-hydrogen) atoms. The summed E-state index contributed by atoms with van der Waals surface area (Å²) in [5, 5.41) is 37.9. The van der Waals surface area contributed by atoms with Crippen molar-refractivity contribution < 1.29 is 30.0 Å². The van der Waals surface area contributed by atoms with Gasteiger partial charge in [-0.15, -0.1) is 0 Å². The van der Waals surface area contributed by atoms with Crippen LogP contribution in [0, 0.1) is 0 Å². The summed E-state index contributed by atoms with van der Waals surface area (Å²) in [6.45, 7) is -0.679. The van der Waals surface area contributed by atoms with Crippen molar-refractivity contribution in [1.29, 1.82) is 0 Å². The molecule has 1 rings (SSSR count). The maximum atomic E-state index is 11.4. The van der Waals surface area contributed by atoms with E-state index in [1.54, 1.807) is 6.07 Å². The van der Waals surface area contributed by atoms with Crippen LogP contribution in [0.25, 0.3) is 0 Å². The highest BCUT2D eigenvalue weighted by Gasteiger charge is 2.18. The lowest BCUT2D eigenvalue weighted by molar-refractivity contribution is -0.142. The highest BCUT2D eigenvalue weighted by molar-refractivity contribution is 5.83. The molecule has 1 unspecified atom stereocenters. The second-order valence-electron chi connectivity index (χ2n) is 3.96. The molecule has 0 fully saturated rings. The molecule has 0 saturated carbocycles. The van der Waals surface area contributed by atoms with E-state index in [4.69, 9.17) is 15.3 Å². The normalized spacial score (nSPS) is 11.8. The first kappa shape index (κ1) is 14.8. The Labute approximate surface area is 109 Å². The highest BCUT2D eigenvalue weighted by Crippen LogP contribution is 2.25. The summed E-state index contributed by atoms with van der Waals surface area (Å²) < 4.78 is 0. The van der Waals surface area contributed by atoms with Gasteiger partial charge in [-0.25, -0.2) is 4.79 Å². The number of aliphatic carboxylic acids is 1. The third kappa shape index (κ3) is 4.47. The van der Waals surface area contributed by atoms with Crippen molar-refractivity contribution in [3.8, 4) is 11.5 Å². The smallest absolute Gasteiger partial charge is 0.328 e. The van der Waals surface area contributed by atoms with Gasteiger partial charge in [-0.1, -0.05) is 6.07 Å². The molecular formula is C12H15NO6. The topological polar surface area (TPSA) is 127 Å². The molecule has 0 aliphatic rings. The summed E-state index contributed by atoms with van der Waals surface area (Å²) in [6, 6.07) is 2.85. The number of phenolic OH excluding ortho intramolecular Hbond substituents is 2. The van der Waals surface area contributed by atoms with Gasteiger partial charge in [-0.3, -0.25) is 4.79 Å². The Morgan fingerprint density at radius 1 is 1.21 bits per heavy atom. The minimum atomic E-state index is -1.32. The molecule has 0 aliphatic heterocycles. The molecule has 0 aromatic heterocycles. The lowest BCUT2D eigenvalue weighted by Gasteiger charge is -2.11. The average molecular weight is 269 g/mol. The first-order chi connectivity index (χ1) is 8.93. The summed E-state index contributed by atoms with van der Waals surface area (Å²) in [4.78, 5) is 22.0. The average Bonchev–Trinajstić information content (AvgIpc) is 2.37. The van der Waals surface area contributed by atoms with Crippen LogP contribution in [0.3, 0.4) is 0 Å². The van der Waals surface area contributed by atoms with Crippen LogP contribution in [0.5, 0.6) is 11.5 Å². The molecule has 0 aliphatic carbocycles. The molecule has 0 bridgehead atoms. The molecule has 0 saturated heterocycles. The van der Waals surface area contributed by atoms with Gasteiger partial charge in [0, 0.05) is 6.42 Å². The van der Waals surface area contributed by atoms with Crippen molar-refractivity contribution >= 4 is 11.9 Å². The zero-order chi connectivity index (χ0) is 14.4. The Morgan fingerprint density at radius 2 is 1.89 bits per heavy atom. The molecule has 0 radical (unpaired) electrons. The quantitative estimate of drug-likeness (QED) is 0.447. The van der Waals surface area contributed by atoms with Gasteiger partial charge in [0.15, 0.2) is 11.5 Å². The summed E-state index contributed by atoms with van der Waals surface area (Å²) in [7, 11) is 0. The van der Waals surface area contributed by atoms with E-state index in [0.29, 0.717) is 5.56 Å². The monoisotopic (exact) mass is 269 g/mol. The van der Waals surface area contributed by atoms with E-state index in [0.717, 1.165) is 0 Å². The SMILES string of the molecule is O=C(CCc1ccc(O)c(O)c1)NC(CO)C(=O)O. The van der Waals surface area contributed by atoms with Crippen LogP contribution in [0.4, 0.5) is 0 Å². The first-order valence-electron chi connectivity index (χ1n) is 5.58. The fraction of sp³-hybridized carbons (Fsp3) is 0.333. The molecule has 1 atom stereocenters. The maximum Gasteiger partial charge on any atom is 0.328 e. The number of hydrogen-bond acceptors (Lipinski definition) is 5. The minimum Gasteiger partial charge on any atom is -0.504 e. The van der Waals surface area contributed by atoms with Gasteiger partial charge in [0.25, 0.3) is 0 Å². The van der Waals surface area contributed by atoms with Crippen LogP contribution in [0.15, 0.2) is 18.2 Å². The summed E-state index contributed by atoms with van der Waals surface area (Å²) in [6.07, 6.45) is 0.283. The van der Waals surface area contributed by atoms with E-state index in [1.807, 2.05) is 0 Å². The zero-order valence-electron chi connectivity index (χ0n) is 10.0. The Kier molecular flexibility index (Phi) is 5.13. The van der Waals surface area contributed by atoms with Crippen molar-refractivity contribution in [2.75, 3.05) is 6.61 Å². The van der Waals surface area contributed by atoms with Gasteiger partial charge in [-0.2, -0.15) is 0 Å². The predicted molar refractivity (Wildman–Crippen MR) is 64.7 cm³/mol. The molecule has 7 nitrogen and oxygen atoms in total. The number of carboxylic acids is 1. The number of nitrogens with one attached hydrogen (secondary N) is 1. The third-order valence-corrected chi connectivity index (χ3v) is 2.50. The van der Waals surface area contributed by atoms with E-state index in [-0.39, 0.29) is 24.3 Å². The minimum absolute atomic E-state index is 0.00793. The molecule has 1 aromatic carbocycles. The number of aryl methyl sites for hydroxylation is 1. The van der Waals surface area contributed by atoms with Crippen LogP contribution in [-0.4, -0.2) is 45.0 Å². The van der Waals surface area contributed by atoms with Crippen molar-refractivity contribution in [3.63, 3.8) is 0 Å². The van der Waals surface area contributed by atoms with Gasteiger partial charge in [0.1, 0.15) is 6.04 Å². The van der Waals surface area contributed by atoms with E-state index >= 15 is 0 Å². The first-order valence-corrected chi connectivity index (χ1v) is 5.58. The van der Waals surface area contributed by atoms with E-state index in [2.05, 4.69) is 5.32 Å². The van der Waals surface area contributed by atoms with E-state index in [9.17, 15) is 14.7 Å². The summed E-state index contributed by atoms with van der Waals surface area (Å²) in [5.74, 6) is -2.36. The summed E-state index contributed by atoms with van der Waals surface area (Å²) in [5.41, 5.74) is 0.626. The Hall–Kier alpha value is -2.28. The largest absolute Gasteiger partial charge is 0.504 e. The van der Waals surface area contributed by atoms with Crippen LogP contribution in [-0.2, 0) is 16.0 Å². The molecule has 0 spiro atoms. The second-order valence-corrected chi connectivity index (χ2v) is 3.96. The zero-order valence-corrected chi connectivity index (χ0v) is 10.0. The number of carbonyl (C=O) groups excluding carboxylic acids is 1. The van der Waals surface area contributed by atoms with Gasteiger partial charge < -0.3 is 25.7 Å². The molecular weight excluding hydrogens is 254 g/mol. The number of hydrogen-bond donors (Lipinski definition) is 5. The standard InChI is InChI=1S/C12H15NO6/c14-6-8(12(18)19)13-11(17)4-2-7-1-3-9(15)10(16)5-7/h1,3,5,8,14-16H,2,4,6H2,(H,13,17)(H,18,19). The van der Waals surface area contributed by atoms with Gasteiger partial charge >= 0.3 is 5.97 Å². The number of aromatic hydroxyl groups is 2. The van der Waals surface area contributed by atoms with Crippen LogP contribution < -0.4 is 5.32 Å². The molecule has 1 amide bonds. The lowest BCUT2D eigenvalue weighted by atomic mass is 10.1. The Balaban J connectivity index is 2.49. The number of amides is 1. The molecule has 5 N–H and O–H groups in total. The van der Waals surface area contributed by atoms with Crippen molar-refractivity contribution in [2.45, 2.75) is 18.9 Å². The lowest BCUT2D eigenvalue weighted by Crippen LogP contribution is -2.43. The van der Waals surface area contributed by atoms with E-state index in [1.165, 1.54) is 12.1 Å². The van der Waals surface area contributed by atoms with Gasteiger partial charge in [0.2, 0.25) is 5.91 Å². The second kappa shape index (κ2) is 6.60. The number of rotatable bonds is 6. The van der Waals surface area contributed by atoms with Crippen molar-refractivity contribution in [3.05, 3.63) is 23.8 Å². The molecule has 0 heterocycles. The number of aliphatic hydroxyl groups excluding tert-OH is 1. The highest BCUT2D eigenvalue weighted by atomic mass is 16.4. The number of aliphatic hydroxyl groups is 1. The third-order valence-electron chi connectivity index (χ3n) is 2.50.